The fraction of sp³-hybridized carbons (Fsp3) is 0.381. The van der Waals surface area contributed by atoms with Crippen molar-refractivity contribution >= 4 is 15.7 Å². The van der Waals surface area contributed by atoms with Gasteiger partial charge in [-0.3, -0.25) is 4.79 Å². The summed E-state index contributed by atoms with van der Waals surface area (Å²) in [5.74, 6) is 0.0480. The summed E-state index contributed by atoms with van der Waals surface area (Å²) < 4.78 is 26.5. The number of benzene rings is 2. The summed E-state index contributed by atoms with van der Waals surface area (Å²) in [5, 5.41) is -0.550. The highest BCUT2D eigenvalue weighted by atomic mass is 32.2. The second kappa shape index (κ2) is 8.04. The number of carbonyl (C=O) groups excluding carboxylic acids is 1. The molecule has 1 saturated heterocycles. The molecule has 1 heterocycles. The van der Waals surface area contributed by atoms with Crippen LogP contribution in [0.2, 0.25) is 0 Å². The third-order valence-electron chi connectivity index (χ3n) is 5.04. The molecule has 0 radical (unpaired) electrons. The molecule has 26 heavy (non-hydrogen) atoms. The Bertz CT molecular complexity index is 834. The first kappa shape index (κ1) is 18.6. The lowest BCUT2D eigenvalue weighted by Gasteiger charge is -2.41. The predicted octanol–water partition coefficient (Wildman–Crippen LogP) is 3.82. The average molecular weight is 372 g/mol. The van der Waals surface area contributed by atoms with E-state index >= 15 is 0 Å². The van der Waals surface area contributed by atoms with Gasteiger partial charge in [0.05, 0.1) is 10.1 Å². The van der Waals surface area contributed by atoms with Crippen molar-refractivity contribution in [2.24, 2.45) is 0 Å². The van der Waals surface area contributed by atoms with Crippen LogP contribution in [0.25, 0.3) is 0 Å². The van der Waals surface area contributed by atoms with Crippen LogP contribution in [0.4, 0.5) is 0 Å². The minimum atomic E-state index is -3.48. The molecule has 2 aromatic rings. The Morgan fingerprint density at radius 1 is 1.00 bits per heavy atom. The van der Waals surface area contributed by atoms with Crippen molar-refractivity contribution in [2.75, 3.05) is 0 Å². The molecule has 0 saturated carbocycles. The minimum Gasteiger partial charge on any atom is -0.334 e. The Labute approximate surface area is 155 Å². The molecule has 0 bridgehead atoms. The maximum atomic E-state index is 13.2. The monoisotopic (exact) mass is 371 g/mol. The van der Waals surface area contributed by atoms with Gasteiger partial charge in [-0.05, 0) is 30.5 Å². The van der Waals surface area contributed by atoms with E-state index in [1.807, 2.05) is 43.3 Å². The number of rotatable bonds is 6. The summed E-state index contributed by atoms with van der Waals surface area (Å²) in [6.07, 6.45) is 2.20. The standard InChI is InChI=1S/C21H25NO3S/c1-2-9-19-20(26(24,25)18-12-7-4-8-13-18)14-15-21(23)22(19)16-17-10-5-3-6-11-17/h3-8,10-13,19-20H,2,9,14-16H2,1H3. The van der Waals surface area contributed by atoms with Crippen LogP contribution in [0.1, 0.15) is 38.2 Å². The number of carbonyl (C=O) groups is 1. The highest BCUT2D eigenvalue weighted by Gasteiger charge is 2.42. The zero-order valence-corrected chi connectivity index (χ0v) is 15.9. The summed E-state index contributed by atoms with van der Waals surface area (Å²) in [6.45, 7) is 2.50. The molecule has 2 unspecified atom stereocenters. The number of nitrogens with zero attached hydrogens (tertiary/aromatic N) is 1. The Morgan fingerprint density at radius 3 is 2.23 bits per heavy atom. The van der Waals surface area contributed by atoms with Crippen molar-refractivity contribution in [3.05, 3.63) is 66.2 Å². The molecule has 0 N–H and O–H groups in total. The molecule has 1 aliphatic heterocycles. The van der Waals surface area contributed by atoms with Gasteiger partial charge in [-0.25, -0.2) is 8.42 Å². The molecule has 2 aromatic carbocycles. The summed E-state index contributed by atoms with van der Waals surface area (Å²) >= 11 is 0. The minimum absolute atomic E-state index is 0.0480. The third kappa shape index (κ3) is 3.83. The normalized spacial score (nSPS) is 21.0. The summed E-state index contributed by atoms with van der Waals surface area (Å²) in [5.41, 5.74) is 1.03. The summed E-state index contributed by atoms with van der Waals surface area (Å²) in [4.78, 5) is 14.8. The van der Waals surface area contributed by atoms with Crippen molar-refractivity contribution in [1.82, 2.24) is 4.90 Å². The van der Waals surface area contributed by atoms with Crippen molar-refractivity contribution < 1.29 is 13.2 Å². The Kier molecular flexibility index (Phi) is 5.77. The maximum Gasteiger partial charge on any atom is 0.223 e. The van der Waals surface area contributed by atoms with E-state index in [0.29, 0.717) is 24.3 Å². The molecule has 2 atom stereocenters. The molecule has 0 spiro atoms. The van der Waals surface area contributed by atoms with Gasteiger partial charge in [-0.2, -0.15) is 0 Å². The molecule has 1 fully saturated rings. The second-order valence-electron chi connectivity index (χ2n) is 6.80. The van der Waals surface area contributed by atoms with Crippen molar-refractivity contribution in [1.29, 1.82) is 0 Å². The predicted molar refractivity (Wildman–Crippen MR) is 102 cm³/mol. The molecule has 4 nitrogen and oxygen atoms in total. The van der Waals surface area contributed by atoms with Gasteiger partial charge in [0.15, 0.2) is 9.84 Å². The van der Waals surface area contributed by atoms with E-state index in [4.69, 9.17) is 0 Å². The van der Waals surface area contributed by atoms with Gasteiger partial charge in [-0.15, -0.1) is 0 Å². The second-order valence-corrected chi connectivity index (χ2v) is 8.97. The van der Waals surface area contributed by atoms with Crippen LogP contribution in [0, 0.1) is 0 Å². The van der Waals surface area contributed by atoms with Crippen LogP contribution in [-0.4, -0.2) is 30.5 Å². The fourth-order valence-corrected chi connectivity index (χ4v) is 5.77. The lowest BCUT2D eigenvalue weighted by molar-refractivity contribution is -0.137. The smallest absolute Gasteiger partial charge is 0.223 e. The first-order chi connectivity index (χ1) is 12.5. The molecule has 0 aromatic heterocycles. The zero-order chi connectivity index (χ0) is 18.6. The Balaban J connectivity index is 1.94. The van der Waals surface area contributed by atoms with Crippen molar-refractivity contribution in [3.63, 3.8) is 0 Å². The molecule has 1 amide bonds. The van der Waals surface area contributed by atoms with E-state index < -0.39 is 15.1 Å². The largest absolute Gasteiger partial charge is 0.334 e. The van der Waals surface area contributed by atoms with Crippen LogP contribution in [0.5, 0.6) is 0 Å². The van der Waals surface area contributed by atoms with Crippen molar-refractivity contribution in [2.45, 2.75) is 55.3 Å². The fourth-order valence-electron chi connectivity index (χ4n) is 3.76. The van der Waals surface area contributed by atoms with E-state index in [1.165, 1.54) is 0 Å². The zero-order valence-electron chi connectivity index (χ0n) is 15.0. The highest BCUT2D eigenvalue weighted by molar-refractivity contribution is 7.92. The number of hydrogen-bond acceptors (Lipinski definition) is 3. The topological polar surface area (TPSA) is 54.5 Å². The maximum absolute atomic E-state index is 13.2. The summed E-state index contributed by atoms with van der Waals surface area (Å²) in [6, 6.07) is 18.1. The van der Waals surface area contributed by atoms with Gasteiger partial charge in [-0.1, -0.05) is 61.9 Å². The number of piperidine rings is 1. The number of likely N-dealkylation sites (tertiary alicyclic amines) is 1. The number of amides is 1. The van der Waals surface area contributed by atoms with Gasteiger partial charge in [0.1, 0.15) is 0 Å². The Morgan fingerprint density at radius 2 is 1.62 bits per heavy atom. The van der Waals surface area contributed by atoms with Gasteiger partial charge < -0.3 is 4.90 Å². The lowest BCUT2D eigenvalue weighted by Crippen LogP contribution is -2.53. The summed E-state index contributed by atoms with van der Waals surface area (Å²) in [7, 11) is -3.48. The molecule has 3 rings (SSSR count). The van der Waals surface area contributed by atoms with Crippen LogP contribution in [0.3, 0.4) is 0 Å². The first-order valence-electron chi connectivity index (χ1n) is 9.16. The van der Waals surface area contributed by atoms with E-state index in [1.54, 1.807) is 29.2 Å². The molecular weight excluding hydrogens is 346 g/mol. The molecule has 5 heteroatoms. The van der Waals surface area contributed by atoms with E-state index in [9.17, 15) is 13.2 Å². The third-order valence-corrected chi connectivity index (χ3v) is 7.32. The number of sulfone groups is 1. The Hall–Kier alpha value is -2.14. The SMILES string of the molecule is CCCC1C(S(=O)(=O)c2ccccc2)CCC(=O)N1Cc1ccccc1. The van der Waals surface area contributed by atoms with Crippen LogP contribution in [-0.2, 0) is 21.2 Å². The quantitative estimate of drug-likeness (QED) is 0.776. The van der Waals surface area contributed by atoms with E-state index in [-0.39, 0.29) is 18.4 Å². The lowest BCUT2D eigenvalue weighted by atomic mass is 9.96. The first-order valence-corrected chi connectivity index (χ1v) is 10.7. The van der Waals surface area contributed by atoms with Gasteiger partial charge >= 0.3 is 0 Å². The van der Waals surface area contributed by atoms with E-state index in [2.05, 4.69) is 0 Å². The van der Waals surface area contributed by atoms with E-state index in [0.717, 1.165) is 12.0 Å². The molecule has 0 aliphatic carbocycles. The van der Waals surface area contributed by atoms with Gasteiger partial charge in [0, 0.05) is 19.0 Å². The van der Waals surface area contributed by atoms with Crippen LogP contribution >= 0.6 is 0 Å². The highest BCUT2D eigenvalue weighted by Crippen LogP contribution is 2.32. The van der Waals surface area contributed by atoms with Crippen LogP contribution in [0.15, 0.2) is 65.6 Å². The number of hydrogen-bond donors (Lipinski definition) is 0. The molecule has 138 valence electrons. The average Bonchev–Trinajstić information content (AvgIpc) is 2.66. The molecular formula is C21H25NO3S. The van der Waals surface area contributed by atoms with Gasteiger partial charge in [0.25, 0.3) is 0 Å². The van der Waals surface area contributed by atoms with Crippen LogP contribution < -0.4 is 0 Å². The van der Waals surface area contributed by atoms with Gasteiger partial charge in [0.2, 0.25) is 5.91 Å². The van der Waals surface area contributed by atoms with Crippen molar-refractivity contribution in [3.8, 4) is 0 Å². The molecule has 1 aliphatic rings.